The number of carbonyl (C=O) groups excluding carboxylic acids is 1. The summed E-state index contributed by atoms with van der Waals surface area (Å²) in [5, 5.41) is 2.61. The summed E-state index contributed by atoms with van der Waals surface area (Å²) in [5.74, 6) is 0.914. The van der Waals surface area contributed by atoms with Gasteiger partial charge in [0.2, 0.25) is 0 Å². The van der Waals surface area contributed by atoms with Crippen LogP contribution in [0.15, 0.2) is 30.6 Å². The molecule has 6 heteroatoms. The standard InChI is InChI=1S/C14H17N5O/c1-9-4-5-10(14(20)16-2)6-11(9)19(3)13-8-17-12(15)7-18-13/h4-8H,1-3H3,(H2,15,17)(H,16,20). The lowest BCUT2D eigenvalue weighted by atomic mass is 10.1. The highest BCUT2D eigenvalue weighted by Gasteiger charge is 2.12. The monoisotopic (exact) mass is 271 g/mol. The molecule has 3 N–H and O–H groups in total. The third-order valence-corrected chi connectivity index (χ3v) is 3.06. The van der Waals surface area contributed by atoms with Crippen molar-refractivity contribution in [2.45, 2.75) is 6.92 Å². The summed E-state index contributed by atoms with van der Waals surface area (Å²) in [6, 6.07) is 5.52. The van der Waals surface area contributed by atoms with Gasteiger partial charge in [-0.3, -0.25) is 4.79 Å². The Morgan fingerprint density at radius 3 is 2.65 bits per heavy atom. The van der Waals surface area contributed by atoms with E-state index in [-0.39, 0.29) is 5.91 Å². The normalized spacial score (nSPS) is 10.2. The van der Waals surface area contributed by atoms with Gasteiger partial charge in [0, 0.05) is 25.3 Å². The van der Waals surface area contributed by atoms with Gasteiger partial charge in [-0.2, -0.15) is 0 Å². The third kappa shape index (κ3) is 2.69. The highest BCUT2D eigenvalue weighted by molar-refractivity contribution is 5.95. The largest absolute Gasteiger partial charge is 0.382 e. The minimum Gasteiger partial charge on any atom is -0.382 e. The maximum Gasteiger partial charge on any atom is 0.251 e. The number of rotatable bonds is 3. The Hall–Kier alpha value is -2.63. The first-order valence-corrected chi connectivity index (χ1v) is 6.17. The van der Waals surface area contributed by atoms with Crippen molar-refractivity contribution in [2.75, 3.05) is 24.7 Å². The van der Waals surface area contributed by atoms with Gasteiger partial charge in [-0.15, -0.1) is 0 Å². The number of hydrogen-bond acceptors (Lipinski definition) is 5. The molecule has 0 atom stereocenters. The van der Waals surface area contributed by atoms with Crippen LogP contribution in [0.4, 0.5) is 17.3 Å². The molecule has 2 rings (SSSR count). The van der Waals surface area contributed by atoms with Crippen molar-refractivity contribution in [3.63, 3.8) is 0 Å². The number of aryl methyl sites for hydroxylation is 1. The summed E-state index contributed by atoms with van der Waals surface area (Å²) >= 11 is 0. The van der Waals surface area contributed by atoms with Gasteiger partial charge in [0.05, 0.1) is 12.4 Å². The van der Waals surface area contributed by atoms with Crippen molar-refractivity contribution >= 4 is 23.2 Å². The summed E-state index contributed by atoms with van der Waals surface area (Å²) < 4.78 is 0. The van der Waals surface area contributed by atoms with Crippen molar-refractivity contribution in [2.24, 2.45) is 0 Å². The molecular weight excluding hydrogens is 254 g/mol. The molecule has 1 heterocycles. The van der Waals surface area contributed by atoms with Crippen LogP contribution in [-0.2, 0) is 0 Å². The van der Waals surface area contributed by atoms with Gasteiger partial charge in [0.15, 0.2) is 5.82 Å². The lowest BCUT2D eigenvalue weighted by Crippen LogP contribution is -2.19. The van der Waals surface area contributed by atoms with Crippen LogP contribution in [0.2, 0.25) is 0 Å². The second-order valence-corrected chi connectivity index (χ2v) is 4.44. The van der Waals surface area contributed by atoms with E-state index in [1.807, 2.05) is 31.0 Å². The van der Waals surface area contributed by atoms with Gasteiger partial charge in [-0.05, 0) is 24.6 Å². The van der Waals surface area contributed by atoms with Gasteiger partial charge in [0.25, 0.3) is 5.91 Å². The van der Waals surface area contributed by atoms with Crippen LogP contribution in [-0.4, -0.2) is 30.0 Å². The Balaban J connectivity index is 2.40. The Morgan fingerprint density at radius 2 is 2.05 bits per heavy atom. The van der Waals surface area contributed by atoms with E-state index in [9.17, 15) is 4.79 Å². The third-order valence-electron chi connectivity index (χ3n) is 3.06. The summed E-state index contributed by atoms with van der Waals surface area (Å²) in [6.07, 6.45) is 3.10. The highest BCUT2D eigenvalue weighted by Crippen LogP contribution is 2.26. The van der Waals surface area contributed by atoms with Gasteiger partial charge in [-0.1, -0.05) is 6.07 Å². The predicted molar refractivity (Wildman–Crippen MR) is 79.1 cm³/mol. The van der Waals surface area contributed by atoms with Gasteiger partial charge in [0.1, 0.15) is 5.82 Å². The van der Waals surface area contributed by atoms with E-state index in [0.29, 0.717) is 17.2 Å². The number of benzene rings is 1. The van der Waals surface area contributed by atoms with Crippen LogP contribution in [0.3, 0.4) is 0 Å². The zero-order chi connectivity index (χ0) is 14.7. The van der Waals surface area contributed by atoms with Gasteiger partial charge >= 0.3 is 0 Å². The number of carbonyl (C=O) groups is 1. The van der Waals surface area contributed by atoms with Crippen molar-refractivity contribution in [3.05, 3.63) is 41.7 Å². The van der Waals surface area contributed by atoms with Crippen LogP contribution in [0.1, 0.15) is 15.9 Å². The second kappa shape index (κ2) is 5.56. The maximum absolute atomic E-state index is 11.7. The quantitative estimate of drug-likeness (QED) is 0.883. The Morgan fingerprint density at radius 1 is 1.30 bits per heavy atom. The fourth-order valence-electron chi connectivity index (χ4n) is 1.88. The van der Waals surface area contributed by atoms with Crippen molar-refractivity contribution in [1.82, 2.24) is 15.3 Å². The first-order chi connectivity index (χ1) is 9.52. The molecule has 104 valence electrons. The lowest BCUT2D eigenvalue weighted by molar-refractivity contribution is 0.0963. The van der Waals surface area contributed by atoms with Crippen molar-refractivity contribution in [1.29, 1.82) is 0 Å². The van der Waals surface area contributed by atoms with Crippen LogP contribution < -0.4 is 16.0 Å². The average molecular weight is 271 g/mol. The maximum atomic E-state index is 11.7. The van der Waals surface area contributed by atoms with Crippen LogP contribution in [0.25, 0.3) is 0 Å². The zero-order valence-electron chi connectivity index (χ0n) is 11.7. The van der Waals surface area contributed by atoms with E-state index in [4.69, 9.17) is 5.73 Å². The predicted octanol–water partition coefficient (Wildman–Crippen LogP) is 1.49. The molecule has 1 aromatic heterocycles. The molecule has 6 nitrogen and oxygen atoms in total. The Bertz CT molecular complexity index is 624. The van der Waals surface area contributed by atoms with E-state index < -0.39 is 0 Å². The molecule has 0 aliphatic heterocycles. The SMILES string of the molecule is CNC(=O)c1ccc(C)c(N(C)c2cnc(N)cn2)c1. The summed E-state index contributed by atoms with van der Waals surface area (Å²) in [6.45, 7) is 1.98. The number of aromatic nitrogens is 2. The molecule has 0 unspecified atom stereocenters. The number of nitrogens with zero attached hydrogens (tertiary/aromatic N) is 3. The van der Waals surface area contributed by atoms with Gasteiger partial charge < -0.3 is 16.0 Å². The molecule has 20 heavy (non-hydrogen) atoms. The van der Waals surface area contributed by atoms with Gasteiger partial charge in [-0.25, -0.2) is 9.97 Å². The first kappa shape index (κ1) is 13.8. The zero-order valence-corrected chi connectivity index (χ0v) is 11.7. The van der Waals surface area contributed by atoms with E-state index in [0.717, 1.165) is 11.3 Å². The molecule has 2 aromatic rings. The lowest BCUT2D eigenvalue weighted by Gasteiger charge is -2.20. The van der Waals surface area contributed by atoms with Crippen LogP contribution in [0, 0.1) is 6.92 Å². The molecule has 1 aromatic carbocycles. The molecule has 1 amide bonds. The second-order valence-electron chi connectivity index (χ2n) is 4.44. The number of amides is 1. The van der Waals surface area contributed by atoms with E-state index in [1.165, 1.54) is 6.20 Å². The molecule has 0 saturated carbocycles. The van der Waals surface area contributed by atoms with E-state index in [1.54, 1.807) is 19.3 Å². The molecule has 0 aliphatic carbocycles. The summed E-state index contributed by atoms with van der Waals surface area (Å²) in [5.41, 5.74) is 8.07. The van der Waals surface area contributed by atoms with Crippen molar-refractivity contribution in [3.8, 4) is 0 Å². The first-order valence-electron chi connectivity index (χ1n) is 6.17. The molecular formula is C14H17N5O. The number of anilines is 3. The Labute approximate surface area is 117 Å². The number of nitrogens with one attached hydrogen (secondary N) is 1. The smallest absolute Gasteiger partial charge is 0.251 e. The van der Waals surface area contributed by atoms with Crippen molar-refractivity contribution < 1.29 is 4.79 Å². The van der Waals surface area contributed by atoms with E-state index in [2.05, 4.69) is 15.3 Å². The number of hydrogen-bond donors (Lipinski definition) is 2. The number of nitrogen functional groups attached to an aromatic ring is 1. The van der Waals surface area contributed by atoms with E-state index >= 15 is 0 Å². The average Bonchev–Trinajstić information content (AvgIpc) is 2.47. The topological polar surface area (TPSA) is 84.1 Å². The highest BCUT2D eigenvalue weighted by atomic mass is 16.1. The minimum atomic E-state index is -0.122. The molecule has 0 radical (unpaired) electrons. The molecule has 0 fully saturated rings. The Kier molecular flexibility index (Phi) is 3.84. The molecule has 0 spiro atoms. The number of nitrogens with two attached hydrogens (primary N) is 1. The minimum absolute atomic E-state index is 0.122. The fourth-order valence-corrected chi connectivity index (χ4v) is 1.88. The fraction of sp³-hybridized carbons (Fsp3) is 0.214. The molecule has 0 saturated heterocycles. The molecule has 0 aliphatic rings. The van der Waals surface area contributed by atoms with Crippen LogP contribution in [0.5, 0.6) is 0 Å². The molecule has 0 bridgehead atoms. The summed E-state index contributed by atoms with van der Waals surface area (Å²) in [7, 11) is 3.48. The summed E-state index contributed by atoms with van der Waals surface area (Å²) in [4.78, 5) is 21.8. The van der Waals surface area contributed by atoms with Crippen LogP contribution >= 0.6 is 0 Å².